The molecule has 12 heteroatoms. The quantitative estimate of drug-likeness (QED) is 0.153. The number of likely N-dealkylation sites (N-methyl/N-ethyl adjacent to an activating group) is 1. The standard InChI is InChI=1S/C27H27F3N6O2S.C2H6/c1-35-9-11-36(12-10-35)8-3-13-39-22-7-6-16-17(14-20-24(16)32-27-26(31-20)33-38-34-27)18(22)15-37-21-5-2-4-19(28)23(21)25(29)30;1-2/h2,4-7,25H,3,8-15H2,1H3;1-2H3. The molecule has 218 valence electrons. The van der Waals surface area contributed by atoms with Crippen LogP contribution in [0.4, 0.5) is 13.2 Å². The maximum Gasteiger partial charge on any atom is 0.270 e. The number of hydrogen-bond acceptors (Lipinski definition) is 9. The molecule has 0 N–H and O–H groups in total. The van der Waals surface area contributed by atoms with Gasteiger partial charge < -0.3 is 14.5 Å². The van der Waals surface area contributed by atoms with Crippen LogP contribution in [0.2, 0.25) is 0 Å². The van der Waals surface area contributed by atoms with Crippen molar-refractivity contribution in [3.63, 3.8) is 0 Å². The van der Waals surface area contributed by atoms with Crippen molar-refractivity contribution >= 4 is 23.1 Å². The third-order valence-corrected chi connectivity index (χ3v) is 8.44. The Morgan fingerprint density at radius 2 is 1.78 bits per heavy atom. The van der Waals surface area contributed by atoms with Crippen LogP contribution < -0.4 is 4.74 Å². The largest absolute Gasteiger partial charge is 0.488 e. The normalized spacial score (nSPS) is 15.1. The fourth-order valence-corrected chi connectivity index (χ4v) is 6.13. The number of fused-ring (bicyclic) bond motifs is 4. The number of piperazine rings is 1. The monoisotopic (exact) mass is 586 g/mol. The lowest BCUT2D eigenvalue weighted by molar-refractivity contribution is 0.139. The molecule has 6 rings (SSSR count). The van der Waals surface area contributed by atoms with Crippen LogP contribution in [0.15, 0.2) is 39.9 Å². The number of hydrogen-bond donors (Lipinski definition) is 0. The van der Waals surface area contributed by atoms with Crippen molar-refractivity contribution in [2.24, 2.45) is 0 Å². The molecule has 4 aromatic rings. The van der Waals surface area contributed by atoms with E-state index in [0.29, 0.717) is 23.4 Å². The van der Waals surface area contributed by atoms with Crippen molar-refractivity contribution in [3.8, 4) is 17.0 Å². The highest BCUT2D eigenvalue weighted by Gasteiger charge is 2.28. The topological polar surface area (TPSA) is 80.4 Å². The van der Waals surface area contributed by atoms with Gasteiger partial charge in [0.1, 0.15) is 18.2 Å². The number of thioether (sulfide) groups is 1. The highest BCUT2D eigenvalue weighted by molar-refractivity contribution is 7.99. The fraction of sp³-hybridized carbons (Fsp3) is 0.448. The van der Waals surface area contributed by atoms with Crippen molar-refractivity contribution in [1.29, 1.82) is 0 Å². The Balaban J connectivity index is 0.00000165. The first-order valence-electron chi connectivity index (χ1n) is 13.9. The SMILES string of the molecule is CC.CN1CCN(CCCSc2ccc3c(c2COc2cccc(F)c2C(F)F)Cc2nc4nonc4nc2-3)CC1. The maximum absolute atomic E-state index is 14.2. The van der Waals surface area contributed by atoms with Crippen LogP contribution in [0.1, 0.15) is 49.1 Å². The second-order valence-corrected chi connectivity index (χ2v) is 10.9. The number of nitrogens with zero attached hydrogens (tertiary/aromatic N) is 6. The van der Waals surface area contributed by atoms with Crippen LogP contribution in [-0.2, 0) is 13.0 Å². The Kier molecular flexibility index (Phi) is 9.41. The molecule has 0 saturated carbocycles. The van der Waals surface area contributed by atoms with E-state index in [-0.39, 0.29) is 12.4 Å². The Bertz CT molecular complexity index is 1490. The van der Waals surface area contributed by atoms with Gasteiger partial charge in [-0.05, 0) is 59.8 Å². The summed E-state index contributed by atoms with van der Waals surface area (Å²) in [6, 6.07) is 7.79. The lowest BCUT2D eigenvalue weighted by Crippen LogP contribution is -2.44. The van der Waals surface area contributed by atoms with Gasteiger partial charge in [-0.1, -0.05) is 26.0 Å². The van der Waals surface area contributed by atoms with E-state index in [1.165, 1.54) is 12.1 Å². The second-order valence-electron chi connectivity index (χ2n) is 9.76. The smallest absolute Gasteiger partial charge is 0.270 e. The molecular formula is C29H33F3N6O2S. The van der Waals surface area contributed by atoms with Gasteiger partial charge in [-0.25, -0.2) is 27.8 Å². The number of alkyl halides is 2. The molecule has 1 saturated heterocycles. The Morgan fingerprint density at radius 1 is 1.02 bits per heavy atom. The minimum Gasteiger partial charge on any atom is -0.488 e. The fourth-order valence-electron chi connectivity index (χ4n) is 5.11. The molecule has 41 heavy (non-hydrogen) atoms. The second kappa shape index (κ2) is 13.2. The van der Waals surface area contributed by atoms with E-state index >= 15 is 0 Å². The molecule has 3 heterocycles. The zero-order chi connectivity index (χ0) is 28.9. The first kappa shape index (κ1) is 29.3. The van der Waals surface area contributed by atoms with E-state index in [1.807, 2.05) is 26.0 Å². The molecule has 0 bridgehead atoms. The summed E-state index contributed by atoms with van der Waals surface area (Å²) >= 11 is 1.71. The summed E-state index contributed by atoms with van der Waals surface area (Å²) < 4.78 is 52.0. The lowest BCUT2D eigenvalue weighted by atomic mass is 10.0. The molecular weight excluding hydrogens is 553 g/mol. The predicted molar refractivity (Wildman–Crippen MR) is 152 cm³/mol. The van der Waals surface area contributed by atoms with E-state index in [2.05, 4.69) is 37.1 Å². The van der Waals surface area contributed by atoms with Gasteiger partial charge in [0.2, 0.25) is 11.3 Å². The van der Waals surface area contributed by atoms with Gasteiger partial charge in [-0.3, -0.25) is 0 Å². The molecule has 0 unspecified atom stereocenters. The third-order valence-electron chi connectivity index (χ3n) is 7.25. The summed E-state index contributed by atoms with van der Waals surface area (Å²) in [4.78, 5) is 15.0. The summed E-state index contributed by atoms with van der Waals surface area (Å²) in [6.45, 7) is 9.35. The number of halogens is 3. The molecule has 0 atom stereocenters. The molecule has 2 aliphatic rings. The van der Waals surface area contributed by atoms with Crippen LogP contribution in [0.25, 0.3) is 22.6 Å². The molecule has 2 aromatic carbocycles. The van der Waals surface area contributed by atoms with Crippen LogP contribution in [-0.4, -0.2) is 75.6 Å². The van der Waals surface area contributed by atoms with E-state index in [9.17, 15) is 13.2 Å². The van der Waals surface area contributed by atoms with Crippen molar-refractivity contribution in [3.05, 3.63) is 58.5 Å². The average molecular weight is 587 g/mol. The molecule has 0 spiro atoms. The molecule has 2 aromatic heterocycles. The molecule has 0 amide bonds. The predicted octanol–water partition coefficient (Wildman–Crippen LogP) is 6.00. The lowest BCUT2D eigenvalue weighted by Gasteiger charge is -2.32. The highest BCUT2D eigenvalue weighted by Crippen LogP contribution is 2.41. The Labute approximate surface area is 241 Å². The van der Waals surface area contributed by atoms with Gasteiger partial charge >= 0.3 is 0 Å². The van der Waals surface area contributed by atoms with Gasteiger partial charge in [0.15, 0.2) is 0 Å². The van der Waals surface area contributed by atoms with Crippen LogP contribution in [0.5, 0.6) is 5.75 Å². The Morgan fingerprint density at radius 3 is 2.54 bits per heavy atom. The van der Waals surface area contributed by atoms with E-state index in [0.717, 1.165) is 78.2 Å². The molecule has 1 aliphatic heterocycles. The van der Waals surface area contributed by atoms with Crippen molar-refractivity contribution in [1.82, 2.24) is 30.1 Å². The zero-order valence-electron chi connectivity index (χ0n) is 23.4. The third kappa shape index (κ3) is 6.34. The first-order chi connectivity index (χ1) is 20.0. The maximum atomic E-state index is 14.2. The van der Waals surface area contributed by atoms with Crippen molar-refractivity contribution < 1.29 is 22.5 Å². The van der Waals surface area contributed by atoms with Crippen molar-refractivity contribution in [2.45, 2.75) is 44.6 Å². The summed E-state index contributed by atoms with van der Waals surface area (Å²) in [7, 11) is 2.15. The minimum absolute atomic E-state index is 0.0126. The number of aromatic nitrogens is 4. The van der Waals surface area contributed by atoms with Gasteiger partial charge in [0.05, 0.1) is 17.0 Å². The number of rotatable bonds is 9. The van der Waals surface area contributed by atoms with E-state index in [4.69, 9.17) is 9.37 Å². The van der Waals surface area contributed by atoms with Crippen LogP contribution in [0, 0.1) is 5.82 Å². The van der Waals surface area contributed by atoms with Gasteiger partial charge in [-0.2, -0.15) is 0 Å². The summed E-state index contributed by atoms with van der Waals surface area (Å²) in [6.07, 6.45) is -1.48. The summed E-state index contributed by atoms with van der Waals surface area (Å²) in [5.74, 6) is -0.244. The van der Waals surface area contributed by atoms with Gasteiger partial charge in [-0.15, -0.1) is 11.8 Å². The van der Waals surface area contributed by atoms with Crippen LogP contribution >= 0.6 is 11.8 Å². The van der Waals surface area contributed by atoms with Crippen LogP contribution in [0.3, 0.4) is 0 Å². The minimum atomic E-state index is -2.99. The number of ether oxygens (including phenoxy) is 1. The Hall–Kier alpha value is -3.22. The average Bonchev–Trinajstić information content (AvgIpc) is 3.58. The van der Waals surface area contributed by atoms with E-state index in [1.54, 1.807) is 11.8 Å². The van der Waals surface area contributed by atoms with Gasteiger partial charge in [0, 0.05) is 48.6 Å². The molecule has 8 nitrogen and oxygen atoms in total. The first-order valence-corrected chi connectivity index (χ1v) is 14.8. The van der Waals surface area contributed by atoms with E-state index < -0.39 is 17.8 Å². The summed E-state index contributed by atoms with van der Waals surface area (Å²) in [5, 5.41) is 7.61. The number of benzene rings is 2. The van der Waals surface area contributed by atoms with Crippen molar-refractivity contribution in [2.75, 3.05) is 45.5 Å². The highest BCUT2D eigenvalue weighted by atomic mass is 32.2. The summed E-state index contributed by atoms with van der Waals surface area (Å²) in [5.41, 5.74) is 4.09. The zero-order valence-corrected chi connectivity index (χ0v) is 24.2. The van der Waals surface area contributed by atoms with Gasteiger partial charge in [0.25, 0.3) is 6.43 Å². The molecule has 1 aliphatic carbocycles. The molecule has 1 fully saturated rings. The molecule has 0 radical (unpaired) electrons.